The maximum Gasteiger partial charge on any atom is 0.345 e. The highest BCUT2D eigenvalue weighted by Crippen LogP contribution is 2.24. The lowest BCUT2D eigenvalue weighted by Gasteiger charge is -2.07. The number of aliphatic carboxylic acids is 1. The average molecular weight is 498 g/mol. The van der Waals surface area contributed by atoms with Crippen LogP contribution in [-0.2, 0) is 18.4 Å². The first-order valence-corrected chi connectivity index (χ1v) is 11.5. The summed E-state index contributed by atoms with van der Waals surface area (Å²) >= 11 is 0. The molecule has 10 heteroatoms. The van der Waals surface area contributed by atoms with Gasteiger partial charge in [-0.25, -0.2) is 14.5 Å². The molecule has 0 aliphatic carbocycles. The van der Waals surface area contributed by atoms with Gasteiger partial charge in [-0.05, 0) is 31.2 Å². The molecular weight excluding hydrogens is 474 g/mol. The van der Waals surface area contributed by atoms with E-state index in [1.807, 2.05) is 42.5 Å². The Morgan fingerprint density at radius 3 is 2.59 bits per heavy atom. The van der Waals surface area contributed by atoms with Crippen molar-refractivity contribution in [3.63, 3.8) is 0 Å². The number of fused-ring (bicyclic) bond motifs is 1. The monoisotopic (exact) mass is 497 g/mol. The van der Waals surface area contributed by atoms with Gasteiger partial charge in [0.25, 0.3) is 5.56 Å². The number of aromatic nitrogens is 4. The Hall–Kier alpha value is -4.99. The summed E-state index contributed by atoms with van der Waals surface area (Å²) in [7, 11) is 1.78. The Morgan fingerprint density at radius 2 is 1.84 bits per heavy atom. The molecule has 37 heavy (non-hydrogen) atoms. The lowest BCUT2D eigenvalue weighted by atomic mass is 10.1. The largest absolute Gasteiger partial charge is 0.481 e. The Labute approximate surface area is 210 Å². The van der Waals surface area contributed by atoms with Gasteiger partial charge in [-0.15, -0.1) is 0 Å². The first-order valence-electron chi connectivity index (χ1n) is 11.5. The zero-order valence-corrected chi connectivity index (χ0v) is 20.2. The van der Waals surface area contributed by atoms with E-state index in [9.17, 15) is 14.4 Å². The molecule has 0 radical (unpaired) electrons. The Balaban J connectivity index is 1.62. The summed E-state index contributed by atoms with van der Waals surface area (Å²) in [6.07, 6.45) is 2.92. The van der Waals surface area contributed by atoms with Gasteiger partial charge in [0.2, 0.25) is 0 Å². The number of aryl methyl sites for hydroxylation is 1. The van der Waals surface area contributed by atoms with Crippen LogP contribution in [-0.4, -0.2) is 36.4 Å². The minimum Gasteiger partial charge on any atom is -0.481 e. The molecule has 2 aromatic carbocycles. The molecule has 0 saturated carbocycles. The van der Waals surface area contributed by atoms with Crippen LogP contribution in [0.3, 0.4) is 0 Å². The number of para-hydroxylation sites is 2. The van der Waals surface area contributed by atoms with Crippen molar-refractivity contribution in [3.05, 3.63) is 98.9 Å². The van der Waals surface area contributed by atoms with Gasteiger partial charge >= 0.3 is 11.6 Å². The molecule has 0 amide bonds. The summed E-state index contributed by atoms with van der Waals surface area (Å²) < 4.78 is 10.2. The van der Waals surface area contributed by atoms with Crippen LogP contribution in [0.2, 0.25) is 0 Å². The molecular formula is C27H23N5O5. The van der Waals surface area contributed by atoms with Crippen molar-refractivity contribution in [2.75, 3.05) is 0 Å². The maximum atomic E-state index is 13.2. The number of rotatable bonds is 7. The van der Waals surface area contributed by atoms with Gasteiger partial charge in [0.15, 0.2) is 5.69 Å². The Bertz CT molecular complexity index is 1770. The van der Waals surface area contributed by atoms with Crippen molar-refractivity contribution in [1.82, 2.24) is 19.1 Å². The van der Waals surface area contributed by atoms with Crippen LogP contribution >= 0.6 is 0 Å². The fraction of sp³-hybridized carbons (Fsp3) is 0.148. The van der Waals surface area contributed by atoms with Gasteiger partial charge in [0.05, 0.1) is 29.9 Å². The molecule has 0 bridgehead atoms. The molecule has 3 heterocycles. The van der Waals surface area contributed by atoms with Crippen molar-refractivity contribution in [1.29, 1.82) is 0 Å². The highest BCUT2D eigenvalue weighted by molar-refractivity contribution is 5.91. The summed E-state index contributed by atoms with van der Waals surface area (Å²) in [5.74, 6) is -0.973. The van der Waals surface area contributed by atoms with Gasteiger partial charge in [-0.2, -0.15) is 5.10 Å². The summed E-state index contributed by atoms with van der Waals surface area (Å²) in [6.45, 7) is 1.89. The van der Waals surface area contributed by atoms with E-state index < -0.39 is 11.6 Å². The quantitative estimate of drug-likeness (QED) is 0.270. The smallest absolute Gasteiger partial charge is 0.345 e. The van der Waals surface area contributed by atoms with Gasteiger partial charge in [0.1, 0.15) is 11.3 Å². The molecule has 10 nitrogen and oxygen atoms in total. The van der Waals surface area contributed by atoms with Crippen LogP contribution < -0.4 is 11.2 Å². The predicted molar refractivity (Wildman–Crippen MR) is 139 cm³/mol. The minimum absolute atomic E-state index is 0.0975. The number of aliphatic imine (C=N–C) groups is 1. The molecule has 0 spiro atoms. The van der Waals surface area contributed by atoms with Crippen molar-refractivity contribution >= 4 is 28.8 Å². The topological polar surface area (TPSA) is 125 Å². The van der Waals surface area contributed by atoms with Crippen LogP contribution in [0.1, 0.15) is 17.7 Å². The number of hydrogen-bond acceptors (Lipinski definition) is 6. The molecule has 3 aromatic heterocycles. The second kappa shape index (κ2) is 9.57. The average Bonchev–Trinajstić information content (AvgIpc) is 3.39. The molecule has 0 aliphatic rings. The predicted octanol–water partition coefficient (Wildman–Crippen LogP) is 3.68. The van der Waals surface area contributed by atoms with Gasteiger partial charge in [0, 0.05) is 30.4 Å². The normalized spacial score (nSPS) is 11.5. The highest BCUT2D eigenvalue weighted by atomic mass is 16.4. The van der Waals surface area contributed by atoms with E-state index in [1.165, 1.54) is 15.6 Å². The van der Waals surface area contributed by atoms with E-state index >= 15 is 0 Å². The molecule has 0 aliphatic heterocycles. The first-order chi connectivity index (χ1) is 17.8. The third-order valence-corrected chi connectivity index (χ3v) is 6.10. The minimum atomic E-state index is -0.973. The third kappa shape index (κ3) is 4.52. The van der Waals surface area contributed by atoms with E-state index in [0.29, 0.717) is 27.9 Å². The van der Waals surface area contributed by atoms with Crippen LogP contribution in [0.4, 0.5) is 5.69 Å². The molecule has 0 saturated heterocycles. The zero-order chi connectivity index (χ0) is 26.1. The van der Waals surface area contributed by atoms with Crippen LogP contribution in [0.5, 0.6) is 0 Å². The van der Waals surface area contributed by atoms with E-state index in [4.69, 9.17) is 9.52 Å². The van der Waals surface area contributed by atoms with E-state index in [2.05, 4.69) is 10.1 Å². The number of carbonyl (C=O) groups is 1. The number of benzene rings is 2. The zero-order valence-electron chi connectivity index (χ0n) is 20.2. The highest BCUT2D eigenvalue weighted by Gasteiger charge is 2.18. The van der Waals surface area contributed by atoms with Gasteiger partial charge in [-0.1, -0.05) is 36.4 Å². The van der Waals surface area contributed by atoms with Crippen LogP contribution in [0.15, 0.2) is 85.9 Å². The fourth-order valence-corrected chi connectivity index (χ4v) is 4.13. The standard InChI is InChI=1S/C27H23N5O5/c1-17-24(26(35)32(30(17)2)20-9-4-3-5-10-20)28-15-19-16-31(13-12-23(33)34)29-25(19)21-14-18-8-6-7-11-22(18)37-27(21)36/h3-11,14-16H,12-13H2,1-2H3,(H,33,34). The second-order valence-electron chi connectivity index (χ2n) is 8.49. The molecule has 186 valence electrons. The summed E-state index contributed by atoms with van der Waals surface area (Å²) in [4.78, 5) is 41.7. The van der Waals surface area contributed by atoms with Crippen molar-refractivity contribution in [2.45, 2.75) is 19.9 Å². The molecule has 0 fully saturated rings. The van der Waals surface area contributed by atoms with Crippen LogP contribution in [0, 0.1) is 6.92 Å². The van der Waals surface area contributed by atoms with E-state index in [1.54, 1.807) is 43.0 Å². The molecule has 1 N–H and O–H groups in total. The van der Waals surface area contributed by atoms with Crippen LogP contribution in [0.25, 0.3) is 27.9 Å². The van der Waals surface area contributed by atoms with E-state index in [-0.39, 0.29) is 35.5 Å². The summed E-state index contributed by atoms with van der Waals surface area (Å²) in [6, 6.07) is 18.0. The SMILES string of the molecule is Cc1c(N=Cc2cn(CCC(=O)O)nc2-c2cc3ccccc3oc2=O)c(=O)n(-c2ccccc2)n1C. The number of hydrogen-bond donors (Lipinski definition) is 1. The van der Waals surface area contributed by atoms with Crippen molar-refractivity contribution in [2.24, 2.45) is 12.0 Å². The second-order valence-corrected chi connectivity index (χ2v) is 8.49. The molecule has 5 aromatic rings. The Morgan fingerprint density at radius 1 is 1.11 bits per heavy atom. The van der Waals surface area contributed by atoms with E-state index in [0.717, 1.165) is 0 Å². The number of carboxylic acid groups (broad SMARTS) is 1. The van der Waals surface area contributed by atoms with Crippen molar-refractivity contribution in [3.8, 4) is 16.9 Å². The fourth-order valence-electron chi connectivity index (χ4n) is 4.13. The molecule has 0 atom stereocenters. The lowest BCUT2D eigenvalue weighted by molar-refractivity contribution is -0.137. The van der Waals surface area contributed by atoms with Gasteiger partial charge < -0.3 is 9.52 Å². The summed E-state index contributed by atoms with van der Waals surface area (Å²) in [5, 5.41) is 14.3. The third-order valence-electron chi connectivity index (χ3n) is 6.10. The van der Waals surface area contributed by atoms with Crippen molar-refractivity contribution < 1.29 is 14.3 Å². The maximum absolute atomic E-state index is 13.2. The number of nitrogens with zero attached hydrogens (tertiary/aromatic N) is 5. The molecule has 5 rings (SSSR count). The number of carboxylic acids is 1. The van der Waals surface area contributed by atoms with Gasteiger partial charge in [-0.3, -0.25) is 19.0 Å². The lowest BCUT2D eigenvalue weighted by Crippen LogP contribution is -2.19. The first kappa shape index (κ1) is 23.7. The molecule has 0 unspecified atom stereocenters. The Kier molecular flexibility index (Phi) is 6.14. The summed E-state index contributed by atoms with van der Waals surface area (Å²) in [5.41, 5.74) is 2.09.